The molecule has 1 aromatic heterocycles. The molecule has 0 spiro atoms. The topological polar surface area (TPSA) is 81.1 Å². The fraction of sp³-hybridized carbons (Fsp3) is 0.294. The first-order chi connectivity index (χ1) is 12.2. The lowest BCUT2D eigenvalue weighted by molar-refractivity contribution is -0.110. The van der Waals surface area contributed by atoms with Gasteiger partial charge >= 0.3 is 0 Å². The summed E-state index contributed by atoms with van der Waals surface area (Å²) in [6.07, 6.45) is 2.17. The predicted octanol–water partition coefficient (Wildman–Crippen LogP) is 3.35. The fourth-order valence-electron chi connectivity index (χ4n) is 3.35. The molecule has 1 aromatic carbocycles. The van der Waals surface area contributed by atoms with Gasteiger partial charge in [0.05, 0.1) is 23.2 Å². The number of benzene rings is 1. The number of carbonyl (C=O) groups excluding carboxylic acids is 1. The third-order valence-electron chi connectivity index (χ3n) is 4.68. The Morgan fingerprint density at radius 1 is 1.35 bits per heavy atom. The number of nitrogens with one attached hydrogen (secondary N) is 1. The van der Waals surface area contributed by atoms with Gasteiger partial charge in [-0.2, -0.15) is 5.10 Å². The van der Waals surface area contributed by atoms with Gasteiger partial charge in [0.15, 0.2) is 9.84 Å². The van der Waals surface area contributed by atoms with Gasteiger partial charge in [-0.25, -0.2) is 13.1 Å². The summed E-state index contributed by atoms with van der Waals surface area (Å²) in [4.78, 5) is 12.3. The summed E-state index contributed by atoms with van der Waals surface area (Å²) in [5.74, 6) is -0.0747. The quantitative estimate of drug-likeness (QED) is 0.768. The number of carbonyl (C=O) groups is 1. The lowest BCUT2D eigenvalue weighted by Crippen LogP contribution is -2.12. The van der Waals surface area contributed by atoms with Crippen LogP contribution in [0.1, 0.15) is 29.3 Å². The highest BCUT2D eigenvalue weighted by atomic mass is 35.5. The first kappa shape index (κ1) is 17.6. The third kappa shape index (κ3) is 2.94. The highest BCUT2D eigenvalue weighted by Gasteiger charge is 2.32. The summed E-state index contributed by atoms with van der Waals surface area (Å²) < 4.78 is 25.0. The van der Waals surface area contributed by atoms with Gasteiger partial charge in [0.2, 0.25) is 0 Å². The Labute approximate surface area is 160 Å². The zero-order chi connectivity index (χ0) is 18.6. The minimum atomic E-state index is -3.05. The first-order valence-corrected chi connectivity index (χ1v) is 10.6. The van der Waals surface area contributed by atoms with Crippen LogP contribution in [0.4, 0.5) is 5.69 Å². The number of aryl methyl sites for hydroxylation is 1. The number of anilines is 1. The van der Waals surface area contributed by atoms with Crippen molar-refractivity contribution in [2.45, 2.75) is 19.4 Å². The fourth-order valence-corrected chi connectivity index (χ4v) is 5.59. The standard InChI is InChI=1S/C17H15Cl2N3O3S/c1-9-12(16(19)22(21-9)11-4-5-26(24,25)8-11)7-14-13-6-10(18)2-3-15(13)20-17(14)23/h2-3,6-7,11H,4-5,8H2,1H3,(H,20,23)/b14-7-/t11-/m1/s1. The van der Waals surface area contributed by atoms with E-state index in [-0.39, 0.29) is 23.5 Å². The van der Waals surface area contributed by atoms with Crippen LogP contribution < -0.4 is 5.32 Å². The molecule has 2 aliphatic heterocycles. The van der Waals surface area contributed by atoms with Crippen molar-refractivity contribution in [2.24, 2.45) is 0 Å². The molecule has 1 atom stereocenters. The van der Waals surface area contributed by atoms with Crippen LogP contribution in [-0.2, 0) is 14.6 Å². The molecule has 0 aliphatic carbocycles. The van der Waals surface area contributed by atoms with Crippen LogP contribution in [0.15, 0.2) is 18.2 Å². The van der Waals surface area contributed by atoms with E-state index in [0.29, 0.717) is 44.7 Å². The second-order valence-electron chi connectivity index (χ2n) is 6.49. The molecule has 0 saturated carbocycles. The zero-order valence-electron chi connectivity index (χ0n) is 13.8. The van der Waals surface area contributed by atoms with Crippen LogP contribution in [0, 0.1) is 6.92 Å². The molecule has 6 nitrogen and oxygen atoms in total. The van der Waals surface area contributed by atoms with Crippen molar-refractivity contribution in [3.8, 4) is 0 Å². The van der Waals surface area contributed by atoms with Gasteiger partial charge in [0, 0.05) is 27.4 Å². The van der Waals surface area contributed by atoms with Crippen molar-refractivity contribution < 1.29 is 13.2 Å². The van der Waals surface area contributed by atoms with E-state index in [4.69, 9.17) is 23.2 Å². The monoisotopic (exact) mass is 411 g/mol. The molecule has 0 unspecified atom stereocenters. The average molecular weight is 412 g/mol. The summed E-state index contributed by atoms with van der Waals surface area (Å²) in [5.41, 5.74) is 3.08. The minimum Gasteiger partial charge on any atom is -0.321 e. The molecule has 136 valence electrons. The second kappa shape index (κ2) is 6.11. The Bertz CT molecular complexity index is 1070. The Morgan fingerprint density at radius 2 is 2.12 bits per heavy atom. The maximum Gasteiger partial charge on any atom is 0.256 e. The van der Waals surface area contributed by atoms with Crippen LogP contribution in [-0.4, -0.2) is 35.6 Å². The molecule has 2 aliphatic rings. The van der Waals surface area contributed by atoms with Gasteiger partial charge in [-0.1, -0.05) is 23.2 Å². The van der Waals surface area contributed by atoms with E-state index in [1.165, 1.54) is 0 Å². The Balaban J connectivity index is 1.78. The number of nitrogens with zero attached hydrogens (tertiary/aromatic N) is 2. The normalized spacial score (nSPS) is 22.7. The smallest absolute Gasteiger partial charge is 0.256 e. The average Bonchev–Trinajstić information content (AvgIpc) is 3.17. The first-order valence-electron chi connectivity index (χ1n) is 8.03. The van der Waals surface area contributed by atoms with Gasteiger partial charge in [-0.3, -0.25) is 4.79 Å². The van der Waals surface area contributed by atoms with Crippen LogP contribution in [0.3, 0.4) is 0 Å². The van der Waals surface area contributed by atoms with E-state index in [2.05, 4.69) is 10.4 Å². The number of hydrogen-bond acceptors (Lipinski definition) is 4. The molecule has 1 N–H and O–H groups in total. The number of aromatic nitrogens is 2. The predicted molar refractivity (Wildman–Crippen MR) is 102 cm³/mol. The van der Waals surface area contributed by atoms with Crippen molar-refractivity contribution in [1.29, 1.82) is 0 Å². The number of rotatable bonds is 2. The third-order valence-corrected chi connectivity index (χ3v) is 7.04. The van der Waals surface area contributed by atoms with E-state index < -0.39 is 9.84 Å². The van der Waals surface area contributed by atoms with Gasteiger partial charge < -0.3 is 5.32 Å². The number of sulfone groups is 1. The molecular weight excluding hydrogens is 397 g/mol. The van der Waals surface area contributed by atoms with E-state index in [1.54, 1.807) is 35.9 Å². The molecule has 0 radical (unpaired) electrons. The number of halogens is 2. The molecule has 26 heavy (non-hydrogen) atoms. The molecule has 2 aromatic rings. The van der Waals surface area contributed by atoms with Crippen LogP contribution in [0.2, 0.25) is 10.2 Å². The molecule has 9 heteroatoms. The summed E-state index contributed by atoms with van der Waals surface area (Å²) in [6.45, 7) is 1.78. The number of amides is 1. The van der Waals surface area contributed by atoms with Crippen molar-refractivity contribution in [3.05, 3.63) is 45.2 Å². The highest BCUT2D eigenvalue weighted by Crippen LogP contribution is 2.37. The summed E-state index contributed by atoms with van der Waals surface area (Å²) in [5, 5.41) is 8.07. The lowest BCUT2D eigenvalue weighted by Gasteiger charge is -2.09. The summed E-state index contributed by atoms with van der Waals surface area (Å²) in [7, 11) is -3.05. The van der Waals surface area contributed by atoms with Crippen molar-refractivity contribution in [2.75, 3.05) is 16.8 Å². The minimum absolute atomic E-state index is 0.0305. The maximum atomic E-state index is 12.3. The second-order valence-corrected chi connectivity index (χ2v) is 9.52. The molecule has 3 heterocycles. The van der Waals surface area contributed by atoms with Crippen molar-refractivity contribution in [3.63, 3.8) is 0 Å². The van der Waals surface area contributed by atoms with Gasteiger partial charge in [-0.15, -0.1) is 0 Å². The van der Waals surface area contributed by atoms with E-state index in [9.17, 15) is 13.2 Å². The molecule has 1 fully saturated rings. The van der Waals surface area contributed by atoms with Crippen LogP contribution >= 0.6 is 23.2 Å². The van der Waals surface area contributed by atoms with Crippen molar-refractivity contribution in [1.82, 2.24) is 9.78 Å². The SMILES string of the molecule is Cc1nn([C@@H]2CCS(=O)(=O)C2)c(Cl)c1/C=C1\C(=O)Nc2ccc(Cl)cc21. The molecule has 0 bridgehead atoms. The largest absolute Gasteiger partial charge is 0.321 e. The Morgan fingerprint density at radius 3 is 2.81 bits per heavy atom. The molecule has 4 rings (SSSR count). The maximum absolute atomic E-state index is 12.3. The summed E-state index contributed by atoms with van der Waals surface area (Å²) >= 11 is 12.5. The summed E-state index contributed by atoms with van der Waals surface area (Å²) in [6, 6.07) is 4.90. The molecule has 1 saturated heterocycles. The van der Waals surface area contributed by atoms with E-state index in [0.717, 1.165) is 0 Å². The van der Waals surface area contributed by atoms with Crippen molar-refractivity contribution >= 4 is 56.3 Å². The Hall–Kier alpha value is -1.83. The Kier molecular flexibility index (Phi) is 4.13. The van der Waals surface area contributed by atoms with Gasteiger partial charge in [0.25, 0.3) is 5.91 Å². The number of hydrogen-bond donors (Lipinski definition) is 1. The van der Waals surface area contributed by atoms with Gasteiger partial charge in [-0.05, 0) is 37.6 Å². The van der Waals surface area contributed by atoms with E-state index >= 15 is 0 Å². The van der Waals surface area contributed by atoms with Gasteiger partial charge in [0.1, 0.15) is 5.15 Å². The van der Waals surface area contributed by atoms with E-state index in [1.807, 2.05) is 0 Å². The number of fused-ring (bicyclic) bond motifs is 1. The molecule has 1 amide bonds. The highest BCUT2D eigenvalue weighted by molar-refractivity contribution is 7.91. The molecular formula is C17H15Cl2N3O3S. The van der Waals surface area contributed by atoms with Crippen LogP contribution in [0.5, 0.6) is 0 Å². The van der Waals surface area contributed by atoms with Crippen LogP contribution in [0.25, 0.3) is 11.6 Å². The zero-order valence-corrected chi connectivity index (χ0v) is 16.1. The lowest BCUT2D eigenvalue weighted by atomic mass is 10.0.